The highest BCUT2D eigenvalue weighted by Crippen LogP contribution is 2.67. The molecule has 3 fully saturated rings. The lowest BCUT2D eigenvalue weighted by atomic mass is 9.46. The van der Waals surface area contributed by atoms with Crippen LogP contribution in [-0.2, 0) is 0 Å². The predicted octanol–water partition coefficient (Wildman–Crippen LogP) is 9.59. The largest absolute Gasteiger partial charge is 0.0845 e. The minimum absolute atomic E-state index is 0.558. The average molecular weight is 413 g/mol. The van der Waals surface area contributed by atoms with E-state index in [2.05, 4.69) is 40.7 Å². The molecule has 172 valence electrons. The van der Waals surface area contributed by atoms with Gasteiger partial charge in [-0.3, -0.25) is 0 Å². The first kappa shape index (κ1) is 22.9. The molecular weight excluding hydrogens is 360 g/mol. The van der Waals surface area contributed by atoms with Crippen LogP contribution in [0, 0.1) is 46.3 Å². The smallest absolute Gasteiger partial charge is 0.00851 e. The molecule has 0 heterocycles. The Morgan fingerprint density at radius 3 is 2.53 bits per heavy atom. The van der Waals surface area contributed by atoms with E-state index >= 15 is 0 Å². The number of hydrogen-bond acceptors (Lipinski definition) is 0. The van der Waals surface area contributed by atoms with E-state index < -0.39 is 0 Å². The van der Waals surface area contributed by atoms with E-state index in [1.165, 1.54) is 83.5 Å². The van der Waals surface area contributed by atoms with E-state index in [1.54, 1.807) is 12.8 Å². The summed E-state index contributed by atoms with van der Waals surface area (Å²) in [6, 6.07) is 0. The lowest BCUT2D eigenvalue weighted by Gasteiger charge is -2.58. The van der Waals surface area contributed by atoms with Crippen LogP contribution in [0.1, 0.15) is 131 Å². The molecule has 0 nitrogen and oxygen atoms in total. The quantitative estimate of drug-likeness (QED) is 0.275. The Hall–Kier alpha value is -0.260. The van der Waals surface area contributed by atoms with Gasteiger partial charge in [0.05, 0.1) is 0 Å². The monoisotopic (exact) mass is 412 g/mol. The number of allylic oxidation sites excluding steroid dienone is 2. The van der Waals surface area contributed by atoms with Gasteiger partial charge in [-0.2, -0.15) is 0 Å². The average Bonchev–Trinajstić information content (AvgIpc) is 3.05. The summed E-state index contributed by atoms with van der Waals surface area (Å²) in [5.41, 5.74) is 3.13. The fraction of sp³-hybridized carbons (Fsp3) is 0.933. The Labute approximate surface area is 189 Å². The van der Waals surface area contributed by atoms with Crippen molar-refractivity contribution in [1.29, 1.82) is 0 Å². The van der Waals surface area contributed by atoms with Crippen molar-refractivity contribution in [3.05, 3.63) is 11.6 Å². The van der Waals surface area contributed by atoms with Crippen molar-refractivity contribution in [3.8, 4) is 0 Å². The molecule has 0 radical (unpaired) electrons. The molecule has 0 heteroatoms. The van der Waals surface area contributed by atoms with E-state index in [-0.39, 0.29) is 0 Å². The van der Waals surface area contributed by atoms with Crippen LogP contribution in [0.4, 0.5) is 0 Å². The first-order valence-electron chi connectivity index (χ1n) is 14.1. The zero-order chi connectivity index (χ0) is 21.4. The van der Waals surface area contributed by atoms with Crippen molar-refractivity contribution < 1.29 is 0 Å². The van der Waals surface area contributed by atoms with Gasteiger partial charge in [-0.05, 0) is 104 Å². The molecule has 0 bridgehead atoms. The molecule has 0 spiro atoms. The summed E-state index contributed by atoms with van der Waals surface area (Å²) in [5, 5.41) is 0. The highest BCUT2D eigenvalue weighted by Gasteiger charge is 2.58. The normalized spacial score (nSPS) is 43.1. The maximum atomic E-state index is 2.79. The van der Waals surface area contributed by atoms with Gasteiger partial charge in [0.25, 0.3) is 0 Å². The third-order valence-corrected chi connectivity index (χ3v) is 11.0. The Morgan fingerprint density at radius 1 is 0.933 bits per heavy atom. The van der Waals surface area contributed by atoms with E-state index in [4.69, 9.17) is 0 Å². The van der Waals surface area contributed by atoms with Crippen molar-refractivity contribution in [2.75, 3.05) is 0 Å². The third-order valence-electron chi connectivity index (χ3n) is 11.0. The van der Waals surface area contributed by atoms with Gasteiger partial charge < -0.3 is 0 Å². The summed E-state index contributed by atoms with van der Waals surface area (Å²) in [5.74, 6) is 5.94. The summed E-state index contributed by atoms with van der Waals surface area (Å²) in [4.78, 5) is 0. The number of fused-ring (bicyclic) bond motifs is 5. The second-order valence-electron chi connectivity index (χ2n) is 13.0. The van der Waals surface area contributed by atoms with Gasteiger partial charge in [0.15, 0.2) is 0 Å². The molecule has 7 atom stereocenters. The Morgan fingerprint density at radius 2 is 1.77 bits per heavy atom. The van der Waals surface area contributed by atoms with Gasteiger partial charge in [0.1, 0.15) is 0 Å². The molecule has 4 aliphatic carbocycles. The molecule has 0 N–H and O–H groups in total. The molecule has 0 aromatic heterocycles. The SMILES string of the molecule is CCCCC1CCC2(C)C(=CCC3C2CCC2(C)C(CCCCC(C)C)CCC32)C1. The highest BCUT2D eigenvalue weighted by atomic mass is 14.6. The minimum Gasteiger partial charge on any atom is -0.0845 e. The second-order valence-corrected chi connectivity index (χ2v) is 13.0. The van der Waals surface area contributed by atoms with Gasteiger partial charge in [-0.25, -0.2) is 0 Å². The zero-order valence-electron chi connectivity index (χ0n) is 21.1. The Balaban J connectivity index is 1.42. The van der Waals surface area contributed by atoms with Gasteiger partial charge in [-0.15, -0.1) is 0 Å². The standard InChI is InChI=1S/C30H52/c1-6-7-11-23-17-19-30(5)25(21-23)13-15-26-27-16-14-24(12-9-8-10-22(2)3)29(27,4)20-18-28(26)30/h13,22-24,26-28H,6-12,14-21H2,1-5H3. The third kappa shape index (κ3) is 4.20. The summed E-state index contributed by atoms with van der Waals surface area (Å²) in [6.45, 7) is 12.6. The molecule has 0 aromatic carbocycles. The highest BCUT2D eigenvalue weighted by molar-refractivity contribution is 5.25. The summed E-state index contributed by atoms with van der Waals surface area (Å²) >= 11 is 0. The summed E-state index contributed by atoms with van der Waals surface area (Å²) in [7, 11) is 0. The van der Waals surface area contributed by atoms with Gasteiger partial charge >= 0.3 is 0 Å². The van der Waals surface area contributed by atoms with Crippen LogP contribution in [-0.4, -0.2) is 0 Å². The maximum absolute atomic E-state index is 2.79. The number of hydrogen-bond donors (Lipinski definition) is 0. The molecule has 0 aliphatic heterocycles. The molecule has 4 aliphatic rings. The fourth-order valence-electron chi connectivity index (χ4n) is 9.00. The van der Waals surface area contributed by atoms with Crippen LogP contribution in [0.15, 0.2) is 11.6 Å². The Kier molecular flexibility index (Phi) is 7.11. The molecule has 0 aromatic rings. The van der Waals surface area contributed by atoms with Crippen molar-refractivity contribution in [3.63, 3.8) is 0 Å². The van der Waals surface area contributed by atoms with E-state index in [9.17, 15) is 0 Å². The molecule has 30 heavy (non-hydrogen) atoms. The zero-order valence-corrected chi connectivity index (χ0v) is 21.1. The Bertz CT molecular complexity index is 599. The van der Waals surface area contributed by atoms with Crippen molar-refractivity contribution in [1.82, 2.24) is 0 Å². The molecule has 0 amide bonds. The number of unbranched alkanes of at least 4 members (excludes halogenated alkanes) is 2. The lowest BCUT2D eigenvalue weighted by Crippen LogP contribution is -2.50. The van der Waals surface area contributed by atoms with E-state index in [1.807, 2.05) is 5.57 Å². The minimum atomic E-state index is 0.558. The molecule has 0 saturated heterocycles. The molecule has 3 saturated carbocycles. The molecule has 4 rings (SSSR count). The van der Waals surface area contributed by atoms with Gasteiger partial charge in [-0.1, -0.05) is 84.8 Å². The first-order valence-corrected chi connectivity index (χ1v) is 14.1. The predicted molar refractivity (Wildman–Crippen MR) is 132 cm³/mol. The van der Waals surface area contributed by atoms with Crippen LogP contribution in [0.2, 0.25) is 0 Å². The topological polar surface area (TPSA) is 0 Å². The molecular formula is C30H52. The van der Waals surface area contributed by atoms with Crippen LogP contribution in [0.5, 0.6) is 0 Å². The van der Waals surface area contributed by atoms with E-state index in [0.717, 1.165) is 35.5 Å². The second kappa shape index (κ2) is 9.31. The maximum Gasteiger partial charge on any atom is -0.00851 e. The van der Waals surface area contributed by atoms with E-state index in [0.29, 0.717) is 10.8 Å². The fourth-order valence-corrected chi connectivity index (χ4v) is 9.00. The van der Waals surface area contributed by atoms with Gasteiger partial charge in [0.2, 0.25) is 0 Å². The number of rotatable bonds is 8. The summed E-state index contributed by atoms with van der Waals surface area (Å²) < 4.78 is 0. The van der Waals surface area contributed by atoms with Gasteiger partial charge in [0, 0.05) is 0 Å². The first-order chi connectivity index (χ1) is 14.4. The molecule has 7 unspecified atom stereocenters. The lowest BCUT2D eigenvalue weighted by molar-refractivity contribution is -0.0458. The van der Waals surface area contributed by atoms with Crippen LogP contribution in [0.3, 0.4) is 0 Å². The van der Waals surface area contributed by atoms with Crippen LogP contribution in [0.25, 0.3) is 0 Å². The van der Waals surface area contributed by atoms with Crippen molar-refractivity contribution >= 4 is 0 Å². The van der Waals surface area contributed by atoms with Crippen molar-refractivity contribution in [2.45, 2.75) is 131 Å². The van der Waals surface area contributed by atoms with Crippen LogP contribution >= 0.6 is 0 Å². The summed E-state index contributed by atoms with van der Waals surface area (Å²) in [6.07, 6.45) is 25.0. The van der Waals surface area contributed by atoms with Crippen molar-refractivity contribution in [2.24, 2.45) is 46.3 Å². The van der Waals surface area contributed by atoms with Crippen LogP contribution < -0.4 is 0 Å².